The Kier molecular flexibility index (Phi) is 13.7. The van der Waals surface area contributed by atoms with Gasteiger partial charge in [-0.1, -0.05) is 6.07 Å². The molecule has 37 heavy (non-hydrogen) atoms. The molecule has 2 heterocycles. The quantitative estimate of drug-likeness (QED) is 0.310. The molecule has 0 bridgehead atoms. The lowest BCUT2D eigenvalue weighted by atomic mass is 9.83. The van der Waals surface area contributed by atoms with Crippen molar-refractivity contribution in [2.75, 3.05) is 38.1 Å². The number of carbonyl (C=O) groups excluding carboxylic acids is 2. The van der Waals surface area contributed by atoms with Crippen LogP contribution in [0.25, 0.3) is 0 Å². The van der Waals surface area contributed by atoms with E-state index in [1.165, 1.54) is 11.1 Å². The smallest absolute Gasteiger partial charge is 0.324 e. The normalized spacial score (nSPS) is 22.2. The van der Waals surface area contributed by atoms with E-state index in [1.807, 2.05) is 18.7 Å². The van der Waals surface area contributed by atoms with Gasteiger partial charge in [0.15, 0.2) is 31.0 Å². The summed E-state index contributed by atoms with van der Waals surface area (Å²) < 4.78 is 14.3. The van der Waals surface area contributed by atoms with Crippen molar-refractivity contribution in [2.45, 2.75) is 77.4 Å². The van der Waals surface area contributed by atoms with Crippen LogP contribution in [-0.4, -0.2) is 71.7 Å². The molecular formula is C26H40Cl3N3O4S. The number of rotatable bonds is 6. The standard InChI is InChI=1S/C26H39N3O3.Cl2OS.ClH/c1-19(2)32-25(30)11-6-20-4-8-23(9-5-20)28-16-17-29(26(28)31)24-10-7-21-12-14-27(3)15-13-22(21)18-24;1-4(2)3;/h7,10,18-20,23H,4-6,8-9,11-17H2,1-3H3;;1H/t20-,23-;;. The van der Waals surface area contributed by atoms with Gasteiger partial charge in [-0.3, -0.25) is 9.69 Å². The van der Waals surface area contributed by atoms with Crippen LogP contribution in [0.15, 0.2) is 18.2 Å². The Morgan fingerprint density at radius 3 is 2.32 bits per heavy atom. The minimum Gasteiger partial charge on any atom is -0.582 e. The van der Waals surface area contributed by atoms with Gasteiger partial charge >= 0.3 is 12.0 Å². The average Bonchev–Trinajstić information content (AvgIpc) is 3.10. The van der Waals surface area contributed by atoms with Crippen LogP contribution in [-0.2, 0) is 32.0 Å². The van der Waals surface area contributed by atoms with Crippen molar-refractivity contribution in [3.05, 3.63) is 29.3 Å². The molecule has 210 valence electrons. The van der Waals surface area contributed by atoms with E-state index in [1.54, 1.807) is 0 Å². The van der Waals surface area contributed by atoms with Crippen LogP contribution >= 0.6 is 33.8 Å². The fourth-order valence-corrected chi connectivity index (χ4v) is 5.51. The summed E-state index contributed by atoms with van der Waals surface area (Å²) in [5.74, 6) is 0.488. The van der Waals surface area contributed by atoms with Crippen LogP contribution in [0.3, 0.4) is 0 Å². The summed E-state index contributed by atoms with van der Waals surface area (Å²) in [5, 5.41) is 0. The van der Waals surface area contributed by atoms with Crippen LogP contribution in [0.4, 0.5) is 10.5 Å². The van der Waals surface area contributed by atoms with Gasteiger partial charge in [0.1, 0.15) is 0 Å². The highest BCUT2D eigenvalue weighted by atomic mass is 36.0. The maximum Gasteiger partial charge on any atom is 0.324 e. The Balaban J connectivity index is 0.000000898. The highest BCUT2D eigenvalue weighted by Crippen LogP contribution is 2.33. The maximum atomic E-state index is 13.3. The van der Waals surface area contributed by atoms with Crippen molar-refractivity contribution < 1.29 is 18.9 Å². The predicted octanol–water partition coefficient (Wildman–Crippen LogP) is 5.71. The summed E-state index contributed by atoms with van der Waals surface area (Å²) in [6.45, 7) is 7.56. The van der Waals surface area contributed by atoms with Gasteiger partial charge in [-0.25, -0.2) is 4.79 Å². The van der Waals surface area contributed by atoms with Gasteiger partial charge in [-0.05, 0) is 95.0 Å². The Morgan fingerprint density at radius 1 is 1.08 bits per heavy atom. The van der Waals surface area contributed by atoms with E-state index in [-0.39, 0.29) is 30.5 Å². The number of halogens is 3. The Bertz CT molecular complexity index is 882. The van der Waals surface area contributed by atoms with Gasteiger partial charge in [-0.15, -0.1) is 12.4 Å². The Hall–Kier alpha value is -0.900. The minimum atomic E-state index is -1.67. The monoisotopic (exact) mass is 595 g/mol. The van der Waals surface area contributed by atoms with Gasteiger partial charge in [0, 0.05) is 44.3 Å². The molecule has 2 amide bonds. The van der Waals surface area contributed by atoms with Crippen molar-refractivity contribution in [2.24, 2.45) is 5.92 Å². The van der Waals surface area contributed by atoms with E-state index in [2.05, 4.69) is 56.4 Å². The van der Waals surface area contributed by atoms with Crippen LogP contribution < -0.4 is 4.90 Å². The van der Waals surface area contributed by atoms with Gasteiger partial charge in [-0.2, -0.15) is 0 Å². The van der Waals surface area contributed by atoms with Crippen LogP contribution in [0.1, 0.15) is 63.5 Å². The molecule has 1 saturated carbocycles. The molecule has 2 fully saturated rings. The largest absolute Gasteiger partial charge is 0.582 e. The molecule has 0 radical (unpaired) electrons. The highest BCUT2D eigenvalue weighted by Gasteiger charge is 2.36. The van der Waals surface area contributed by atoms with E-state index in [0.29, 0.717) is 18.4 Å². The zero-order valence-corrected chi connectivity index (χ0v) is 25.1. The molecule has 3 aliphatic rings. The lowest BCUT2D eigenvalue weighted by molar-refractivity contribution is -0.147. The van der Waals surface area contributed by atoms with E-state index in [9.17, 15) is 9.59 Å². The molecule has 0 unspecified atom stereocenters. The SMILES string of the molecule is CC(C)OC(=O)CC[C@H]1CC[C@H](N2CCN(c3ccc4c(c3)CCN(C)CC4)C2=O)CC1.Cl.[O-][S+](Cl)Cl. The second-order valence-electron chi connectivity index (χ2n) is 10.3. The third-order valence-electron chi connectivity index (χ3n) is 7.45. The van der Waals surface area contributed by atoms with Gasteiger partial charge in [0.2, 0.25) is 0 Å². The fraction of sp³-hybridized carbons (Fsp3) is 0.692. The second kappa shape index (κ2) is 15.6. The first kappa shape index (κ1) is 32.3. The van der Waals surface area contributed by atoms with Crippen LogP contribution in [0.2, 0.25) is 0 Å². The number of carbonyl (C=O) groups is 2. The number of esters is 1. The molecule has 0 spiro atoms. The van der Waals surface area contributed by atoms with Crippen molar-refractivity contribution in [1.82, 2.24) is 9.80 Å². The third kappa shape index (κ3) is 9.97. The van der Waals surface area contributed by atoms with Crippen molar-refractivity contribution in [3.63, 3.8) is 0 Å². The van der Waals surface area contributed by atoms with Crippen molar-refractivity contribution in [3.8, 4) is 0 Å². The van der Waals surface area contributed by atoms with E-state index in [0.717, 1.165) is 76.8 Å². The Labute approximate surface area is 239 Å². The number of hydrogen-bond donors (Lipinski definition) is 0. The molecule has 1 aromatic carbocycles. The summed E-state index contributed by atoms with van der Waals surface area (Å²) in [4.78, 5) is 31.6. The fourth-order valence-electron chi connectivity index (χ4n) is 5.51. The zero-order chi connectivity index (χ0) is 26.2. The van der Waals surface area contributed by atoms with Gasteiger partial charge < -0.3 is 19.1 Å². The number of nitrogens with zero attached hydrogens (tertiary/aromatic N) is 3. The molecular weight excluding hydrogens is 557 g/mol. The molecule has 1 aliphatic carbocycles. The van der Waals surface area contributed by atoms with E-state index in [4.69, 9.17) is 9.29 Å². The summed E-state index contributed by atoms with van der Waals surface area (Å²) in [6.07, 6.45) is 7.79. The number of amides is 2. The number of likely N-dealkylation sites (N-methyl/N-ethyl adjacent to an activating group) is 1. The highest BCUT2D eigenvalue weighted by molar-refractivity contribution is 8.31. The molecule has 1 saturated heterocycles. The topological polar surface area (TPSA) is 76.2 Å². The Morgan fingerprint density at radius 2 is 1.70 bits per heavy atom. The summed E-state index contributed by atoms with van der Waals surface area (Å²) in [6, 6.07) is 7.12. The maximum absolute atomic E-state index is 13.3. The molecule has 2 aliphatic heterocycles. The van der Waals surface area contributed by atoms with Crippen LogP contribution in [0, 0.1) is 5.92 Å². The average molecular weight is 597 g/mol. The van der Waals surface area contributed by atoms with Crippen molar-refractivity contribution in [1.29, 1.82) is 0 Å². The number of hydrogen-bond acceptors (Lipinski definition) is 5. The summed E-state index contributed by atoms with van der Waals surface area (Å²) >= 11 is 0. The molecule has 7 nitrogen and oxygen atoms in total. The number of urea groups is 1. The number of ether oxygens (including phenoxy) is 1. The number of anilines is 1. The first-order valence-corrected chi connectivity index (χ1v) is 15.8. The summed E-state index contributed by atoms with van der Waals surface area (Å²) in [7, 11) is 9.54. The minimum absolute atomic E-state index is 0. The van der Waals surface area contributed by atoms with E-state index >= 15 is 0 Å². The molecule has 4 rings (SSSR count). The molecule has 0 N–H and O–H groups in total. The van der Waals surface area contributed by atoms with E-state index < -0.39 is 9.60 Å². The molecule has 0 aromatic heterocycles. The lowest BCUT2D eigenvalue weighted by Gasteiger charge is -2.34. The molecule has 11 heteroatoms. The number of benzene rings is 1. The molecule has 1 aromatic rings. The zero-order valence-electron chi connectivity index (χ0n) is 22.0. The lowest BCUT2D eigenvalue weighted by Crippen LogP contribution is -2.41. The van der Waals surface area contributed by atoms with Crippen molar-refractivity contribution >= 4 is 61.1 Å². The first-order chi connectivity index (χ1) is 17.1. The molecule has 0 atom stereocenters. The predicted molar refractivity (Wildman–Crippen MR) is 154 cm³/mol. The van der Waals surface area contributed by atoms with Gasteiger partial charge in [0.05, 0.1) is 6.10 Å². The van der Waals surface area contributed by atoms with Gasteiger partial charge in [0.25, 0.3) is 0 Å². The summed E-state index contributed by atoms with van der Waals surface area (Å²) in [5.41, 5.74) is 3.88. The van der Waals surface area contributed by atoms with Crippen LogP contribution in [0.5, 0.6) is 0 Å². The first-order valence-electron chi connectivity index (χ1n) is 13.0. The second-order valence-corrected chi connectivity index (χ2v) is 12.8. The third-order valence-corrected chi connectivity index (χ3v) is 7.45. The number of fused-ring (bicyclic) bond motifs is 1.